The largest absolute Gasteiger partial charge is 0.356 e. The molecule has 27 heavy (non-hydrogen) atoms. The van der Waals surface area contributed by atoms with Crippen molar-refractivity contribution in [1.29, 1.82) is 0 Å². The van der Waals surface area contributed by atoms with E-state index in [-0.39, 0.29) is 17.9 Å². The minimum absolute atomic E-state index is 0.00839. The lowest BCUT2D eigenvalue weighted by molar-refractivity contribution is -0.127. The van der Waals surface area contributed by atoms with Crippen molar-refractivity contribution >= 4 is 23.2 Å². The smallest absolute Gasteiger partial charge is 0.243 e. The minimum atomic E-state index is 0.00839. The molecule has 0 atom stereocenters. The molecule has 2 N–H and O–H groups in total. The molecular weight excluding hydrogens is 358 g/mol. The molecule has 0 aromatic carbocycles. The first-order chi connectivity index (χ1) is 12.8. The third-order valence-corrected chi connectivity index (χ3v) is 6.00. The Labute approximate surface area is 167 Å². The maximum absolute atomic E-state index is 11.9. The third-order valence-electron chi connectivity index (χ3n) is 4.68. The fourth-order valence-electron chi connectivity index (χ4n) is 2.96. The Morgan fingerprint density at radius 2 is 2.00 bits per heavy atom. The molecule has 1 fully saturated rings. The van der Waals surface area contributed by atoms with Gasteiger partial charge in [0.15, 0.2) is 5.96 Å². The van der Waals surface area contributed by atoms with E-state index in [1.807, 2.05) is 0 Å². The summed E-state index contributed by atoms with van der Waals surface area (Å²) in [5.41, 5.74) is 1.21. The molecule has 1 aromatic rings. The molecule has 1 aliphatic rings. The van der Waals surface area contributed by atoms with Crippen LogP contribution in [0.25, 0.3) is 0 Å². The van der Waals surface area contributed by atoms with Crippen LogP contribution >= 0.6 is 11.3 Å². The Bertz CT molecular complexity index is 627. The molecule has 1 saturated carbocycles. The van der Waals surface area contributed by atoms with Crippen molar-refractivity contribution in [2.75, 3.05) is 27.2 Å². The van der Waals surface area contributed by atoms with Gasteiger partial charge in [-0.2, -0.15) is 0 Å². The number of aromatic nitrogens is 1. The van der Waals surface area contributed by atoms with Gasteiger partial charge in [0, 0.05) is 43.9 Å². The highest BCUT2D eigenvalue weighted by Crippen LogP contribution is 2.25. The van der Waals surface area contributed by atoms with Crippen LogP contribution in [0.5, 0.6) is 0 Å². The number of nitrogens with zero attached hydrogens (tertiary/aromatic N) is 3. The van der Waals surface area contributed by atoms with Gasteiger partial charge in [-0.05, 0) is 12.8 Å². The summed E-state index contributed by atoms with van der Waals surface area (Å²) in [6.45, 7) is 7.49. The highest BCUT2D eigenvalue weighted by atomic mass is 32.1. The molecule has 0 saturated heterocycles. The molecule has 1 amide bonds. The average Bonchev–Trinajstić information content (AvgIpc) is 3.09. The monoisotopic (exact) mass is 393 g/mol. The molecule has 2 rings (SSSR count). The standard InChI is InChI=1S/C20H35N5OS/c1-20(2,3)18-23-16(14-27-18)11-12-21-19(22-13-17(26)25(4)5)24-15-9-7-6-8-10-15/h14-15H,6-13H2,1-5H3,(H2,21,22,24). The van der Waals surface area contributed by atoms with Crippen molar-refractivity contribution in [3.63, 3.8) is 0 Å². The average molecular weight is 394 g/mol. The van der Waals surface area contributed by atoms with Gasteiger partial charge < -0.3 is 15.5 Å². The second-order valence-electron chi connectivity index (χ2n) is 8.50. The number of hydrogen-bond acceptors (Lipinski definition) is 4. The molecule has 0 bridgehead atoms. The first-order valence-corrected chi connectivity index (χ1v) is 10.8. The molecule has 0 aliphatic heterocycles. The normalized spacial score (nSPS) is 16.3. The van der Waals surface area contributed by atoms with E-state index in [1.54, 1.807) is 30.3 Å². The van der Waals surface area contributed by atoms with E-state index in [0.29, 0.717) is 6.04 Å². The van der Waals surface area contributed by atoms with E-state index in [1.165, 1.54) is 37.1 Å². The van der Waals surface area contributed by atoms with E-state index >= 15 is 0 Å². The summed E-state index contributed by atoms with van der Waals surface area (Å²) in [5.74, 6) is 0.748. The van der Waals surface area contributed by atoms with E-state index < -0.39 is 0 Å². The van der Waals surface area contributed by atoms with Gasteiger partial charge in [-0.1, -0.05) is 40.0 Å². The van der Waals surface area contributed by atoms with Crippen LogP contribution < -0.4 is 10.6 Å². The van der Waals surface area contributed by atoms with Crippen LogP contribution in [0.1, 0.15) is 63.6 Å². The van der Waals surface area contributed by atoms with Gasteiger partial charge >= 0.3 is 0 Å². The van der Waals surface area contributed by atoms with Gasteiger partial charge in [0.25, 0.3) is 0 Å². The molecule has 6 nitrogen and oxygen atoms in total. The van der Waals surface area contributed by atoms with Gasteiger partial charge in [0.2, 0.25) is 5.91 Å². The number of hydrogen-bond donors (Lipinski definition) is 2. The number of guanidine groups is 1. The van der Waals surface area contributed by atoms with E-state index in [4.69, 9.17) is 4.98 Å². The number of amides is 1. The van der Waals surface area contributed by atoms with Crippen molar-refractivity contribution in [1.82, 2.24) is 20.5 Å². The van der Waals surface area contributed by atoms with Crippen LogP contribution in [0.2, 0.25) is 0 Å². The summed E-state index contributed by atoms with van der Waals surface area (Å²) < 4.78 is 0. The Kier molecular flexibility index (Phi) is 8.07. The highest BCUT2D eigenvalue weighted by Gasteiger charge is 2.18. The second kappa shape index (κ2) is 10.1. The maximum atomic E-state index is 11.9. The predicted molar refractivity (Wildman–Crippen MR) is 114 cm³/mol. The molecule has 152 valence electrons. The number of aliphatic imine (C=N–C) groups is 1. The number of nitrogens with one attached hydrogen (secondary N) is 2. The van der Waals surface area contributed by atoms with Crippen LogP contribution in [-0.4, -0.2) is 55.0 Å². The van der Waals surface area contributed by atoms with Gasteiger partial charge in [-0.15, -0.1) is 11.3 Å². The van der Waals surface area contributed by atoms with Crippen molar-refractivity contribution in [3.05, 3.63) is 16.1 Å². The van der Waals surface area contributed by atoms with Crippen molar-refractivity contribution < 1.29 is 4.79 Å². The zero-order valence-electron chi connectivity index (χ0n) is 17.5. The van der Waals surface area contributed by atoms with Crippen LogP contribution in [-0.2, 0) is 16.6 Å². The Morgan fingerprint density at radius 3 is 2.59 bits per heavy atom. The van der Waals surface area contributed by atoms with Crippen molar-refractivity contribution in [3.8, 4) is 0 Å². The maximum Gasteiger partial charge on any atom is 0.243 e. The number of likely N-dealkylation sites (N-methyl/N-ethyl adjacent to an activating group) is 1. The van der Waals surface area contributed by atoms with Crippen molar-refractivity contribution in [2.45, 2.75) is 70.8 Å². The number of carbonyl (C=O) groups is 1. The molecule has 0 spiro atoms. The number of carbonyl (C=O) groups excluding carboxylic acids is 1. The summed E-state index contributed by atoms with van der Waals surface area (Å²) in [6, 6.07) is 0.450. The van der Waals surface area contributed by atoms with Crippen LogP contribution in [0, 0.1) is 0 Å². The van der Waals surface area contributed by atoms with Gasteiger partial charge in [0.1, 0.15) is 6.54 Å². The minimum Gasteiger partial charge on any atom is -0.356 e. The molecule has 7 heteroatoms. The lowest BCUT2D eigenvalue weighted by Crippen LogP contribution is -2.45. The summed E-state index contributed by atoms with van der Waals surface area (Å²) in [5, 5.41) is 10.2. The van der Waals surface area contributed by atoms with Crippen molar-refractivity contribution in [2.24, 2.45) is 4.99 Å². The summed E-state index contributed by atoms with van der Waals surface area (Å²) in [6.07, 6.45) is 7.02. The Hall–Kier alpha value is -1.63. The molecule has 1 heterocycles. The molecule has 1 aliphatic carbocycles. The predicted octanol–water partition coefficient (Wildman–Crippen LogP) is 2.94. The topological polar surface area (TPSA) is 69.6 Å². The second-order valence-corrected chi connectivity index (χ2v) is 9.36. The van der Waals surface area contributed by atoms with E-state index in [2.05, 4.69) is 41.8 Å². The van der Waals surface area contributed by atoms with Gasteiger partial charge in [0.05, 0.1) is 10.7 Å². The summed E-state index contributed by atoms with van der Waals surface area (Å²) >= 11 is 1.73. The van der Waals surface area contributed by atoms with Crippen LogP contribution in [0.4, 0.5) is 0 Å². The third kappa shape index (κ3) is 7.48. The summed E-state index contributed by atoms with van der Waals surface area (Å²) in [4.78, 5) is 22.7. The Balaban J connectivity index is 1.91. The zero-order chi connectivity index (χ0) is 19.9. The SMILES string of the molecule is CN(C)C(=O)CN=C(NCCc1csc(C(C)(C)C)n1)NC1CCCCC1. The Morgan fingerprint density at radius 1 is 1.30 bits per heavy atom. The fraction of sp³-hybridized carbons (Fsp3) is 0.750. The van der Waals surface area contributed by atoms with E-state index in [9.17, 15) is 4.79 Å². The van der Waals surface area contributed by atoms with Crippen LogP contribution in [0.3, 0.4) is 0 Å². The number of thiazole rings is 1. The quantitative estimate of drug-likeness (QED) is 0.576. The molecule has 0 radical (unpaired) electrons. The van der Waals surface area contributed by atoms with Crippen LogP contribution in [0.15, 0.2) is 10.4 Å². The number of rotatable bonds is 6. The molecule has 0 unspecified atom stereocenters. The zero-order valence-corrected chi connectivity index (χ0v) is 18.3. The lowest BCUT2D eigenvalue weighted by Gasteiger charge is -2.25. The highest BCUT2D eigenvalue weighted by molar-refractivity contribution is 7.09. The summed E-state index contributed by atoms with van der Waals surface area (Å²) in [7, 11) is 3.52. The van der Waals surface area contributed by atoms with E-state index in [0.717, 1.165) is 24.6 Å². The fourth-order valence-corrected chi connectivity index (χ4v) is 3.90. The van der Waals surface area contributed by atoms with Gasteiger partial charge in [-0.3, -0.25) is 4.79 Å². The molecule has 1 aromatic heterocycles. The molecular formula is C20H35N5OS. The first kappa shape index (κ1) is 21.7. The lowest BCUT2D eigenvalue weighted by atomic mass is 9.96. The first-order valence-electron chi connectivity index (χ1n) is 9.95. The van der Waals surface area contributed by atoms with Gasteiger partial charge in [-0.25, -0.2) is 9.98 Å².